The Balaban J connectivity index is 1.79. The predicted octanol–water partition coefficient (Wildman–Crippen LogP) is 4.77. The summed E-state index contributed by atoms with van der Waals surface area (Å²) in [7, 11) is 4.55. The van der Waals surface area contributed by atoms with Crippen LogP contribution < -0.4 is 4.74 Å². The van der Waals surface area contributed by atoms with Crippen LogP contribution in [-0.4, -0.2) is 74.3 Å². The molecule has 0 aliphatic carbocycles. The summed E-state index contributed by atoms with van der Waals surface area (Å²) in [6, 6.07) is 12.9. The largest absolute Gasteiger partial charge is 0.497 e. The molecular weight excluding hydrogens is 500 g/mol. The third-order valence-electron chi connectivity index (χ3n) is 6.61. The van der Waals surface area contributed by atoms with Crippen molar-refractivity contribution >= 4 is 18.0 Å². The number of carbonyl (C=O) groups is 3. The number of piperidine rings is 1. The first kappa shape index (κ1) is 30.0. The molecule has 1 fully saturated rings. The number of methoxy groups -OCH3 is 3. The van der Waals surface area contributed by atoms with Crippen LogP contribution in [0.5, 0.6) is 5.75 Å². The number of carbonyl (C=O) groups excluding carboxylic acids is 3. The smallest absolute Gasteiger partial charge is 0.411 e. The van der Waals surface area contributed by atoms with Gasteiger partial charge in [0.25, 0.3) is 0 Å². The van der Waals surface area contributed by atoms with Crippen molar-refractivity contribution in [3.8, 4) is 5.75 Å². The monoisotopic (exact) mass is 540 g/mol. The van der Waals surface area contributed by atoms with Gasteiger partial charge in [-0.05, 0) is 74.6 Å². The Morgan fingerprint density at radius 1 is 1.03 bits per heavy atom. The van der Waals surface area contributed by atoms with Gasteiger partial charge in [0.1, 0.15) is 17.9 Å². The second-order valence-electron chi connectivity index (χ2n) is 10.7. The fraction of sp³-hybridized carbons (Fsp3) is 0.500. The lowest BCUT2D eigenvalue weighted by molar-refractivity contribution is -0.133. The zero-order valence-electron chi connectivity index (χ0n) is 23.8. The van der Waals surface area contributed by atoms with E-state index in [1.807, 2.05) is 36.4 Å². The first-order chi connectivity index (χ1) is 18.5. The average Bonchev–Trinajstić information content (AvgIpc) is 2.92. The lowest BCUT2D eigenvalue weighted by Crippen LogP contribution is -2.47. The van der Waals surface area contributed by atoms with Crippen LogP contribution in [0.15, 0.2) is 42.5 Å². The molecule has 3 rings (SSSR count). The van der Waals surface area contributed by atoms with Gasteiger partial charge in [0.15, 0.2) is 0 Å². The highest BCUT2D eigenvalue weighted by atomic mass is 16.6. The molecule has 212 valence electrons. The standard InChI is InChI=1S/C30H40N2O7/c1-30(2,3)39-29(35)32(18-24-12-13-26(37-5)16-25(24)20-36-4)19-27(33)31-14-8-11-23(17-31)21-9-7-10-22(15-21)28(34)38-6/h7,9-10,12-13,15-16,23H,8,11,14,17-20H2,1-6H3. The van der Waals surface area contributed by atoms with E-state index in [1.165, 1.54) is 12.0 Å². The van der Waals surface area contributed by atoms with Crippen molar-refractivity contribution in [3.63, 3.8) is 0 Å². The van der Waals surface area contributed by atoms with Gasteiger partial charge in [-0.3, -0.25) is 9.69 Å². The van der Waals surface area contributed by atoms with Gasteiger partial charge in [0.05, 0.1) is 26.4 Å². The summed E-state index contributed by atoms with van der Waals surface area (Å²) in [5.41, 5.74) is 2.46. The zero-order valence-corrected chi connectivity index (χ0v) is 23.8. The van der Waals surface area contributed by atoms with E-state index < -0.39 is 11.7 Å². The molecule has 1 heterocycles. The molecule has 1 atom stereocenters. The van der Waals surface area contributed by atoms with Crippen molar-refractivity contribution in [1.29, 1.82) is 0 Å². The summed E-state index contributed by atoms with van der Waals surface area (Å²) in [5.74, 6) is 0.218. The van der Waals surface area contributed by atoms with Crippen LogP contribution in [0, 0.1) is 0 Å². The highest BCUT2D eigenvalue weighted by Crippen LogP contribution is 2.28. The van der Waals surface area contributed by atoms with E-state index in [9.17, 15) is 14.4 Å². The molecule has 2 aromatic carbocycles. The molecule has 0 N–H and O–H groups in total. The van der Waals surface area contributed by atoms with Crippen LogP contribution in [-0.2, 0) is 32.2 Å². The van der Waals surface area contributed by atoms with E-state index in [4.69, 9.17) is 18.9 Å². The van der Waals surface area contributed by atoms with Gasteiger partial charge in [-0.15, -0.1) is 0 Å². The number of esters is 1. The van der Waals surface area contributed by atoms with Gasteiger partial charge in [-0.1, -0.05) is 18.2 Å². The molecule has 9 heteroatoms. The van der Waals surface area contributed by atoms with Crippen LogP contribution in [0.4, 0.5) is 4.79 Å². The van der Waals surface area contributed by atoms with Crippen molar-refractivity contribution in [2.24, 2.45) is 0 Å². The number of hydrogen-bond acceptors (Lipinski definition) is 7. The molecule has 0 radical (unpaired) electrons. The van der Waals surface area contributed by atoms with Crippen molar-refractivity contribution in [3.05, 3.63) is 64.7 Å². The Kier molecular flexibility index (Phi) is 10.3. The third kappa shape index (κ3) is 8.45. The minimum Gasteiger partial charge on any atom is -0.497 e. The fourth-order valence-corrected chi connectivity index (χ4v) is 4.67. The number of ether oxygens (including phenoxy) is 4. The molecule has 1 aliphatic heterocycles. The molecule has 0 aromatic heterocycles. The average molecular weight is 541 g/mol. The third-order valence-corrected chi connectivity index (χ3v) is 6.61. The summed E-state index contributed by atoms with van der Waals surface area (Å²) >= 11 is 0. The molecule has 0 bridgehead atoms. The van der Waals surface area contributed by atoms with Crippen LogP contribution in [0.3, 0.4) is 0 Å². The second kappa shape index (κ2) is 13.5. The van der Waals surface area contributed by atoms with E-state index in [1.54, 1.807) is 46.0 Å². The molecule has 2 aromatic rings. The van der Waals surface area contributed by atoms with Crippen molar-refractivity contribution in [1.82, 2.24) is 9.80 Å². The van der Waals surface area contributed by atoms with Gasteiger partial charge < -0.3 is 23.8 Å². The molecule has 39 heavy (non-hydrogen) atoms. The van der Waals surface area contributed by atoms with Crippen LogP contribution >= 0.6 is 0 Å². The summed E-state index contributed by atoms with van der Waals surface area (Å²) in [5, 5.41) is 0. The van der Waals surface area contributed by atoms with E-state index in [0.29, 0.717) is 31.0 Å². The summed E-state index contributed by atoms with van der Waals surface area (Å²) in [6.07, 6.45) is 1.16. The maximum atomic E-state index is 13.5. The number of likely N-dealkylation sites (tertiary alicyclic amines) is 1. The summed E-state index contributed by atoms with van der Waals surface area (Å²) < 4.78 is 21.2. The van der Waals surface area contributed by atoms with Gasteiger partial charge in [-0.25, -0.2) is 9.59 Å². The minimum absolute atomic E-state index is 0.0807. The van der Waals surface area contributed by atoms with Gasteiger partial charge >= 0.3 is 12.1 Å². The van der Waals surface area contributed by atoms with Crippen LogP contribution in [0.1, 0.15) is 66.6 Å². The first-order valence-electron chi connectivity index (χ1n) is 13.1. The number of rotatable bonds is 9. The van der Waals surface area contributed by atoms with Crippen LogP contribution in [0.2, 0.25) is 0 Å². The van der Waals surface area contributed by atoms with Gasteiger partial charge in [-0.2, -0.15) is 0 Å². The highest BCUT2D eigenvalue weighted by Gasteiger charge is 2.30. The quantitative estimate of drug-likeness (QED) is 0.423. The van der Waals surface area contributed by atoms with Gasteiger partial charge in [0, 0.05) is 32.7 Å². The molecule has 1 unspecified atom stereocenters. The second-order valence-corrected chi connectivity index (χ2v) is 10.7. The molecule has 0 saturated carbocycles. The molecular formula is C30H40N2O7. The normalized spacial score (nSPS) is 15.4. The Morgan fingerprint density at radius 3 is 2.46 bits per heavy atom. The molecule has 1 aliphatic rings. The number of nitrogens with zero attached hydrogens (tertiary/aromatic N) is 2. The first-order valence-corrected chi connectivity index (χ1v) is 13.1. The minimum atomic E-state index is -0.714. The van der Waals surface area contributed by atoms with Crippen molar-refractivity contribution in [2.75, 3.05) is 41.0 Å². The Labute approximate surface area is 231 Å². The van der Waals surface area contributed by atoms with E-state index in [-0.39, 0.29) is 30.9 Å². The summed E-state index contributed by atoms with van der Waals surface area (Å²) in [4.78, 5) is 42.0. The number of amides is 2. The maximum absolute atomic E-state index is 13.5. The molecule has 0 spiro atoms. The topological polar surface area (TPSA) is 94.6 Å². The van der Waals surface area contributed by atoms with Crippen LogP contribution in [0.25, 0.3) is 0 Å². The van der Waals surface area contributed by atoms with Gasteiger partial charge in [0.2, 0.25) is 5.91 Å². The van der Waals surface area contributed by atoms with E-state index in [2.05, 4.69) is 0 Å². The molecule has 2 amide bonds. The lowest BCUT2D eigenvalue weighted by Gasteiger charge is -2.35. The summed E-state index contributed by atoms with van der Waals surface area (Å²) in [6.45, 7) is 6.89. The number of benzene rings is 2. The predicted molar refractivity (Wildman–Crippen MR) is 147 cm³/mol. The van der Waals surface area contributed by atoms with E-state index in [0.717, 1.165) is 29.5 Å². The SMILES string of the molecule is COCc1cc(OC)ccc1CN(CC(=O)N1CCCC(c2cccc(C(=O)OC)c2)C1)C(=O)OC(C)(C)C. The van der Waals surface area contributed by atoms with Crippen molar-refractivity contribution in [2.45, 2.75) is 58.3 Å². The van der Waals surface area contributed by atoms with E-state index >= 15 is 0 Å². The highest BCUT2D eigenvalue weighted by molar-refractivity contribution is 5.89. The maximum Gasteiger partial charge on any atom is 0.411 e. The molecule has 9 nitrogen and oxygen atoms in total. The zero-order chi connectivity index (χ0) is 28.6. The van der Waals surface area contributed by atoms with Crippen molar-refractivity contribution < 1.29 is 33.3 Å². The molecule has 1 saturated heterocycles. The lowest BCUT2D eigenvalue weighted by atomic mass is 9.89. The fourth-order valence-electron chi connectivity index (χ4n) is 4.67. The number of hydrogen-bond donors (Lipinski definition) is 0. The Morgan fingerprint density at radius 2 is 1.79 bits per heavy atom. The Hall–Kier alpha value is -3.59. The Bertz CT molecular complexity index is 1160.